The average molecular weight is 285 g/mol. The Labute approximate surface area is 123 Å². The maximum Gasteiger partial charge on any atom is 0.222 e. The van der Waals surface area contributed by atoms with Gasteiger partial charge in [0.25, 0.3) is 0 Å². The van der Waals surface area contributed by atoms with E-state index >= 15 is 0 Å². The standard InChI is InChI=1S/C15H19N5O/c1-10-3-2-4-12(17-10)14-18-15-16-7-5-13(20(15)19-14)11-6-8-21-9-11/h2-4,11,13H,5-9H2,1H3,(H,16,18,19). The molecule has 6 nitrogen and oxygen atoms in total. The number of rotatable bonds is 2. The Morgan fingerprint density at radius 2 is 2.24 bits per heavy atom. The predicted octanol–water partition coefficient (Wildman–Crippen LogP) is 2.04. The van der Waals surface area contributed by atoms with Crippen molar-refractivity contribution in [1.29, 1.82) is 0 Å². The molecule has 1 N–H and O–H groups in total. The molecule has 2 unspecified atom stereocenters. The molecule has 4 heterocycles. The average Bonchev–Trinajstić information content (AvgIpc) is 3.16. The summed E-state index contributed by atoms with van der Waals surface area (Å²) < 4.78 is 7.58. The first-order valence-corrected chi connectivity index (χ1v) is 7.53. The normalized spacial score (nSPS) is 24.6. The molecule has 0 bridgehead atoms. The van der Waals surface area contributed by atoms with E-state index in [9.17, 15) is 0 Å². The minimum Gasteiger partial charge on any atom is -0.381 e. The molecule has 6 heteroatoms. The van der Waals surface area contributed by atoms with Gasteiger partial charge in [0, 0.05) is 24.8 Å². The predicted molar refractivity (Wildman–Crippen MR) is 79.1 cm³/mol. The summed E-state index contributed by atoms with van der Waals surface area (Å²) >= 11 is 0. The molecule has 0 spiro atoms. The molecular weight excluding hydrogens is 266 g/mol. The molecule has 2 atom stereocenters. The van der Waals surface area contributed by atoms with Gasteiger partial charge >= 0.3 is 0 Å². The highest BCUT2D eigenvalue weighted by Gasteiger charge is 2.32. The van der Waals surface area contributed by atoms with Crippen molar-refractivity contribution in [1.82, 2.24) is 19.7 Å². The van der Waals surface area contributed by atoms with Gasteiger partial charge in [0.05, 0.1) is 12.6 Å². The van der Waals surface area contributed by atoms with E-state index in [2.05, 4.69) is 15.3 Å². The first-order chi connectivity index (χ1) is 10.3. The van der Waals surface area contributed by atoms with Crippen LogP contribution >= 0.6 is 0 Å². The van der Waals surface area contributed by atoms with Gasteiger partial charge in [-0.2, -0.15) is 4.98 Å². The van der Waals surface area contributed by atoms with E-state index in [-0.39, 0.29) is 0 Å². The maximum atomic E-state index is 5.54. The smallest absolute Gasteiger partial charge is 0.222 e. The van der Waals surface area contributed by atoms with Crippen molar-refractivity contribution >= 4 is 5.95 Å². The number of nitrogens with one attached hydrogen (secondary N) is 1. The molecule has 4 rings (SSSR count). The number of hydrogen-bond acceptors (Lipinski definition) is 5. The van der Waals surface area contributed by atoms with Crippen molar-refractivity contribution in [3.63, 3.8) is 0 Å². The third-order valence-electron chi connectivity index (χ3n) is 4.30. The zero-order valence-electron chi connectivity index (χ0n) is 12.1. The molecule has 110 valence electrons. The molecule has 0 amide bonds. The second-order valence-corrected chi connectivity index (χ2v) is 5.77. The Morgan fingerprint density at radius 1 is 1.29 bits per heavy atom. The minimum atomic E-state index is 0.384. The Hall–Kier alpha value is -1.95. The van der Waals surface area contributed by atoms with Crippen LogP contribution in [0.2, 0.25) is 0 Å². The molecule has 2 aliphatic rings. The summed E-state index contributed by atoms with van der Waals surface area (Å²) in [6.45, 7) is 4.63. The van der Waals surface area contributed by atoms with Gasteiger partial charge in [0.1, 0.15) is 5.69 Å². The zero-order valence-corrected chi connectivity index (χ0v) is 12.1. The van der Waals surface area contributed by atoms with Crippen LogP contribution in [-0.4, -0.2) is 39.5 Å². The van der Waals surface area contributed by atoms with Gasteiger partial charge in [-0.3, -0.25) is 0 Å². The fraction of sp³-hybridized carbons (Fsp3) is 0.533. The van der Waals surface area contributed by atoms with Gasteiger partial charge in [-0.1, -0.05) is 6.07 Å². The van der Waals surface area contributed by atoms with Crippen LogP contribution in [0, 0.1) is 12.8 Å². The topological polar surface area (TPSA) is 64.9 Å². The fourth-order valence-electron chi connectivity index (χ4n) is 3.20. The highest BCUT2D eigenvalue weighted by Crippen LogP contribution is 2.34. The second kappa shape index (κ2) is 5.11. The molecule has 1 saturated heterocycles. The molecule has 0 radical (unpaired) electrons. The lowest BCUT2D eigenvalue weighted by atomic mass is 9.95. The molecule has 2 aromatic rings. The number of fused-ring (bicyclic) bond motifs is 1. The molecule has 1 fully saturated rings. The number of ether oxygens (including phenoxy) is 1. The Morgan fingerprint density at radius 3 is 3.05 bits per heavy atom. The minimum absolute atomic E-state index is 0.384. The first-order valence-electron chi connectivity index (χ1n) is 7.53. The number of anilines is 1. The van der Waals surface area contributed by atoms with Gasteiger partial charge < -0.3 is 10.1 Å². The van der Waals surface area contributed by atoms with Crippen molar-refractivity contribution in [2.24, 2.45) is 5.92 Å². The summed E-state index contributed by atoms with van der Waals surface area (Å²) in [4.78, 5) is 9.14. The van der Waals surface area contributed by atoms with Crippen molar-refractivity contribution in [3.8, 4) is 11.5 Å². The van der Waals surface area contributed by atoms with Gasteiger partial charge in [-0.15, -0.1) is 5.10 Å². The summed E-state index contributed by atoms with van der Waals surface area (Å²) in [5.41, 5.74) is 1.81. The van der Waals surface area contributed by atoms with Gasteiger partial charge in [-0.25, -0.2) is 9.67 Å². The van der Waals surface area contributed by atoms with E-state index in [4.69, 9.17) is 9.84 Å². The Kier molecular flexibility index (Phi) is 3.11. The second-order valence-electron chi connectivity index (χ2n) is 5.77. The largest absolute Gasteiger partial charge is 0.381 e. The van der Waals surface area contributed by atoms with Crippen LogP contribution in [0.25, 0.3) is 11.5 Å². The quantitative estimate of drug-likeness (QED) is 0.914. The van der Waals surface area contributed by atoms with Crippen molar-refractivity contribution < 1.29 is 4.74 Å². The van der Waals surface area contributed by atoms with Gasteiger partial charge in [-0.05, 0) is 31.9 Å². The van der Waals surface area contributed by atoms with Crippen molar-refractivity contribution in [3.05, 3.63) is 23.9 Å². The summed E-state index contributed by atoms with van der Waals surface area (Å²) in [7, 11) is 0. The van der Waals surface area contributed by atoms with Gasteiger partial charge in [0.2, 0.25) is 11.8 Å². The van der Waals surface area contributed by atoms with E-state index in [1.807, 2.05) is 29.8 Å². The zero-order chi connectivity index (χ0) is 14.2. The lowest BCUT2D eigenvalue weighted by molar-refractivity contribution is 0.167. The molecule has 0 aliphatic carbocycles. The number of aromatic nitrogens is 4. The van der Waals surface area contributed by atoms with E-state index in [1.165, 1.54) is 0 Å². The molecule has 0 aromatic carbocycles. The highest BCUT2D eigenvalue weighted by molar-refractivity contribution is 5.51. The highest BCUT2D eigenvalue weighted by atomic mass is 16.5. The van der Waals surface area contributed by atoms with E-state index < -0.39 is 0 Å². The fourth-order valence-corrected chi connectivity index (χ4v) is 3.20. The van der Waals surface area contributed by atoms with Gasteiger partial charge in [0.15, 0.2) is 0 Å². The third kappa shape index (κ3) is 2.29. The number of hydrogen-bond donors (Lipinski definition) is 1. The first kappa shape index (κ1) is 12.8. The molecular formula is C15H19N5O. The van der Waals surface area contributed by atoms with Crippen LogP contribution < -0.4 is 5.32 Å². The van der Waals surface area contributed by atoms with E-state index in [1.54, 1.807) is 0 Å². The lowest BCUT2D eigenvalue weighted by Crippen LogP contribution is -2.29. The van der Waals surface area contributed by atoms with Crippen LogP contribution in [0.3, 0.4) is 0 Å². The lowest BCUT2D eigenvalue weighted by Gasteiger charge is -2.28. The number of pyridine rings is 1. The van der Waals surface area contributed by atoms with Crippen LogP contribution in [0.5, 0.6) is 0 Å². The SMILES string of the molecule is Cc1cccc(-c2nc3n(n2)C(C2CCOC2)CCN3)n1. The number of aryl methyl sites for hydroxylation is 1. The molecule has 2 aromatic heterocycles. The van der Waals surface area contributed by atoms with Crippen LogP contribution in [0.1, 0.15) is 24.6 Å². The van der Waals surface area contributed by atoms with Crippen LogP contribution in [0.4, 0.5) is 5.95 Å². The third-order valence-corrected chi connectivity index (χ3v) is 4.30. The summed E-state index contributed by atoms with van der Waals surface area (Å²) in [5, 5.41) is 8.05. The Balaban J connectivity index is 1.70. The summed E-state index contributed by atoms with van der Waals surface area (Å²) in [6, 6.07) is 6.32. The molecule has 0 saturated carbocycles. The van der Waals surface area contributed by atoms with Crippen molar-refractivity contribution in [2.45, 2.75) is 25.8 Å². The number of nitrogens with zero attached hydrogens (tertiary/aromatic N) is 4. The maximum absolute atomic E-state index is 5.54. The monoisotopic (exact) mass is 285 g/mol. The summed E-state index contributed by atoms with van der Waals surface area (Å²) in [5.74, 6) is 2.11. The molecule has 2 aliphatic heterocycles. The van der Waals surface area contributed by atoms with Crippen LogP contribution in [-0.2, 0) is 4.74 Å². The van der Waals surface area contributed by atoms with Crippen molar-refractivity contribution in [2.75, 3.05) is 25.1 Å². The summed E-state index contributed by atoms with van der Waals surface area (Å²) in [6.07, 6.45) is 2.19. The van der Waals surface area contributed by atoms with E-state index in [0.717, 1.165) is 49.9 Å². The van der Waals surface area contributed by atoms with Crippen LogP contribution in [0.15, 0.2) is 18.2 Å². The Bertz CT molecular complexity index is 647. The molecule has 21 heavy (non-hydrogen) atoms. The van der Waals surface area contributed by atoms with E-state index in [0.29, 0.717) is 17.8 Å².